The number of aromatic nitrogens is 2. The van der Waals surface area contributed by atoms with Crippen molar-refractivity contribution in [3.8, 4) is 5.75 Å². The van der Waals surface area contributed by atoms with Crippen molar-refractivity contribution >= 4 is 5.95 Å². The molecule has 1 saturated heterocycles. The van der Waals surface area contributed by atoms with Crippen molar-refractivity contribution in [1.29, 1.82) is 0 Å². The van der Waals surface area contributed by atoms with Gasteiger partial charge in [0, 0.05) is 20.2 Å². The summed E-state index contributed by atoms with van der Waals surface area (Å²) < 4.78 is 23.2. The zero-order valence-electron chi connectivity index (χ0n) is 11.9. The standard InChI is InChI=1S/C14H20FN3O2/c1-3-11(6-15)10-20-13-7-16-14(17-8-13)18-5-4-12(9-18)19-2/h6-8,12H,3-5,9-10H2,1-2H3/b11-6+/t12-/m0/s1. The van der Waals surface area contributed by atoms with E-state index in [1.54, 1.807) is 19.5 Å². The predicted molar refractivity (Wildman–Crippen MR) is 74.6 cm³/mol. The molecule has 0 bridgehead atoms. The van der Waals surface area contributed by atoms with Crippen molar-refractivity contribution in [3.05, 3.63) is 24.3 Å². The average Bonchev–Trinajstić information content (AvgIpc) is 2.98. The van der Waals surface area contributed by atoms with Gasteiger partial charge in [0.05, 0.1) is 24.8 Å². The van der Waals surface area contributed by atoms with E-state index < -0.39 is 0 Å². The maximum Gasteiger partial charge on any atom is 0.225 e. The summed E-state index contributed by atoms with van der Waals surface area (Å²) in [5.41, 5.74) is 0.608. The number of methoxy groups -OCH3 is 1. The second kappa shape index (κ2) is 7.19. The molecule has 0 N–H and O–H groups in total. The van der Waals surface area contributed by atoms with Crippen LogP contribution in [0.5, 0.6) is 5.75 Å². The number of ether oxygens (including phenoxy) is 2. The molecule has 6 heteroatoms. The van der Waals surface area contributed by atoms with Crippen molar-refractivity contribution in [3.63, 3.8) is 0 Å². The third-order valence-corrected chi connectivity index (χ3v) is 3.41. The highest BCUT2D eigenvalue weighted by molar-refractivity contribution is 5.33. The van der Waals surface area contributed by atoms with E-state index in [-0.39, 0.29) is 12.7 Å². The highest BCUT2D eigenvalue weighted by atomic mass is 19.1. The van der Waals surface area contributed by atoms with Crippen molar-refractivity contribution in [2.75, 3.05) is 31.7 Å². The molecule has 0 aliphatic carbocycles. The Labute approximate surface area is 118 Å². The Hall–Kier alpha value is -1.69. The first-order chi connectivity index (χ1) is 9.76. The van der Waals surface area contributed by atoms with Gasteiger partial charge in [0.25, 0.3) is 0 Å². The molecule has 1 atom stereocenters. The van der Waals surface area contributed by atoms with E-state index in [2.05, 4.69) is 14.9 Å². The number of hydrogen-bond acceptors (Lipinski definition) is 5. The predicted octanol–water partition coefficient (Wildman–Crippen LogP) is 2.34. The Morgan fingerprint density at radius 2 is 2.25 bits per heavy atom. The quantitative estimate of drug-likeness (QED) is 0.801. The minimum atomic E-state index is 0.227. The van der Waals surface area contributed by atoms with E-state index in [0.717, 1.165) is 19.5 Å². The zero-order chi connectivity index (χ0) is 14.4. The topological polar surface area (TPSA) is 47.5 Å². The lowest BCUT2D eigenvalue weighted by molar-refractivity contribution is 0.121. The highest BCUT2D eigenvalue weighted by Crippen LogP contribution is 2.19. The smallest absolute Gasteiger partial charge is 0.225 e. The van der Waals surface area contributed by atoms with Crippen LogP contribution in [0.15, 0.2) is 24.3 Å². The van der Waals surface area contributed by atoms with Gasteiger partial charge >= 0.3 is 0 Å². The van der Waals surface area contributed by atoms with Gasteiger partial charge in [0.15, 0.2) is 5.75 Å². The van der Waals surface area contributed by atoms with Gasteiger partial charge in [-0.3, -0.25) is 0 Å². The lowest BCUT2D eigenvalue weighted by Crippen LogP contribution is -2.24. The Bertz CT molecular complexity index is 450. The Morgan fingerprint density at radius 3 is 2.80 bits per heavy atom. The summed E-state index contributed by atoms with van der Waals surface area (Å²) in [6, 6.07) is 0. The molecule has 0 amide bonds. The fourth-order valence-electron chi connectivity index (χ4n) is 2.04. The molecule has 1 aliphatic heterocycles. The summed E-state index contributed by atoms with van der Waals surface area (Å²) in [6.45, 7) is 3.81. The Kier molecular flexibility index (Phi) is 5.29. The molecule has 0 saturated carbocycles. The van der Waals surface area contributed by atoms with Gasteiger partial charge in [-0.25, -0.2) is 14.4 Å². The maximum atomic E-state index is 12.4. The third kappa shape index (κ3) is 3.66. The van der Waals surface area contributed by atoms with Crippen LogP contribution in [-0.4, -0.2) is 42.9 Å². The van der Waals surface area contributed by atoms with Crippen molar-refractivity contribution in [2.45, 2.75) is 25.9 Å². The normalized spacial score (nSPS) is 19.4. The van der Waals surface area contributed by atoms with Crippen LogP contribution in [0.1, 0.15) is 19.8 Å². The molecular weight excluding hydrogens is 261 g/mol. The highest BCUT2D eigenvalue weighted by Gasteiger charge is 2.23. The van der Waals surface area contributed by atoms with E-state index in [9.17, 15) is 4.39 Å². The lowest BCUT2D eigenvalue weighted by atomic mass is 10.2. The molecule has 1 aliphatic rings. The van der Waals surface area contributed by atoms with Crippen LogP contribution in [-0.2, 0) is 4.74 Å². The number of nitrogens with zero attached hydrogens (tertiary/aromatic N) is 3. The molecule has 0 unspecified atom stereocenters. The van der Waals surface area contributed by atoms with Crippen LogP contribution in [0.25, 0.3) is 0 Å². The van der Waals surface area contributed by atoms with E-state index in [4.69, 9.17) is 9.47 Å². The molecule has 20 heavy (non-hydrogen) atoms. The van der Waals surface area contributed by atoms with Gasteiger partial charge in [-0.15, -0.1) is 0 Å². The first kappa shape index (κ1) is 14.7. The molecule has 5 nitrogen and oxygen atoms in total. The lowest BCUT2D eigenvalue weighted by Gasteiger charge is -2.16. The van der Waals surface area contributed by atoms with Crippen molar-refractivity contribution in [1.82, 2.24) is 9.97 Å². The van der Waals surface area contributed by atoms with E-state index in [1.807, 2.05) is 6.92 Å². The molecule has 110 valence electrons. The van der Waals surface area contributed by atoms with Crippen molar-refractivity contribution < 1.29 is 13.9 Å². The van der Waals surface area contributed by atoms with Crippen LogP contribution < -0.4 is 9.64 Å². The van der Waals surface area contributed by atoms with E-state index in [1.165, 1.54) is 0 Å². The molecule has 2 rings (SSSR count). The SMILES string of the molecule is CC/C(=C\F)COc1cnc(N2CC[C@H](OC)C2)nc1. The molecule has 1 aromatic heterocycles. The van der Waals surface area contributed by atoms with Gasteiger partial charge in [0.2, 0.25) is 5.95 Å². The number of halogens is 1. The molecule has 0 spiro atoms. The van der Waals surface area contributed by atoms with Gasteiger partial charge < -0.3 is 14.4 Å². The van der Waals surface area contributed by atoms with Gasteiger partial charge in [-0.1, -0.05) is 6.92 Å². The summed E-state index contributed by atoms with van der Waals surface area (Å²) in [7, 11) is 1.72. The van der Waals surface area contributed by atoms with Crippen LogP contribution in [0, 0.1) is 0 Å². The molecular formula is C14H20FN3O2. The number of hydrogen-bond donors (Lipinski definition) is 0. The monoisotopic (exact) mass is 281 g/mol. The summed E-state index contributed by atoms with van der Waals surface area (Å²) in [5.74, 6) is 1.22. The number of anilines is 1. The molecule has 1 fully saturated rings. The van der Waals surface area contributed by atoms with Crippen LogP contribution in [0.2, 0.25) is 0 Å². The third-order valence-electron chi connectivity index (χ3n) is 3.41. The Morgan fingerprint density at radius 1 is 1.50 bits per heavy atom. The average molecular weight is 281 g/mol. The first-order valence-electron chi connectivity index (χ1n) is 6.77. The molecule has 0 aromatic carbocycles. The van der Waals surface area contributed by atoms with Crippen LogP contribution in [0.4, 0.5) is 10.3 Å². The van der Waals surface area contributed by atoms with Crippen LogP contribution >= 0.6 is 0 Å². The molecule has 2 heterocycles. The second-order valence-electron chi connectivity index (χ2n) is 4.72. The Balaban J connectivity index is 1.90. The van der Waals surface area contributed by atoms with E-state index >= 15 is 0 Å². The minimum Gasteiger partial charge on any atom is -0.486 e. The molecule has 0 radical (unpaired) electrons. The van der Waals surface area contributed by atoms with Gasteiger partial charge in [-0.2, -0.15) is 0 Å². The second-order valence-corrected chi connectivity index (χ2v) is 4.72. The summed E-state index contributed by atoms with van der Waals surface area (Å²) in [6.07, 6.45) is 5.68. The first-order valence-corrected chi connectivity index (χ1v) is 6.77. The molecule has 1 aromatic rings. The maximum absolute atomic E-state index is 12.4. The van der Waals surface area contributed by atoms with Gasteiger partial charge in [0.1, 0.15) is 6.61 Å². The zero-order valence-corrected chi connectivity index (χ0v) is 11.9. The largest absolute Gasteiger partial charge is 0.486 e. The fourth-order valence-corrected chi connectivity index (χ4v) is 2.04. The fraction of sp³-hybridized carbons (Fsp3) is 0.571. The van der Waals surface area contributed by atoms with Crippen LogP contribution in [0.3, 0.4) is 0 Å². The minimum absolute atomic E-state index is 0.227. The van der Waals surface area contributed by atoms with Gasteiger partial charge in [-0.05, 0) is 18.4 Å². The summed E-state index contributed by atoms with van der Waals surface area (Å²) >= 11 is 0. The summed E-state index contributed by atoms with van der Waals surface area (Å²) in [4.78, 5) is 10.6. The number of rotatable bonds is 6. The van der Waals surface area contributed by atoms with E-state index in [0.29, 0.717) is 30.0 Å². The summed E-state index contributed by atoms with van der Waals surface area (Å²) in [5, 5.41) is 0. The van der Waals surface area contributed by atoms with Crippen molar-refractivity contribution in [2.24, 2.45) is 0 Å².